The van der Waals surface area contributed by atoms with Crippen LogP contribution in [0.3, 0.4) is 0 Å². The Bertz CT molecular complexity index is 3040. The van der Waals surface area contributed by atoms with Crippen molar-refractivity contribution in [3.63, 3.8) is 0 Å². The van der Waals surface area contributed by atoms with Crippen LogP contribution in [0.2, 0.25) is 0 Å². The second-order valence-electron chi connectivity index (χ2n) is 15.4. The lowest BCUT2D eigenvalue weighted by molar-refractivity contribution is 1.09. The fourth-order valence-corrected chi connectivity index (χ4v) is 9.45. The molecule has 0 bridgehead atoms. The number of benzene rings is 9. The zero-order chi connectivity index (χ0) is 38.2. The molecule has 9 aromatic carbocycles. The van der Waals surface area contributed by atoms with Crippen LogP contribution >= 0.6 is 0 Å². The molecule has 0 saturated heterocycles. The summed E-state index contributed by atoms with van der Waals surface area (Å²) in [7, 11) is 0. The minimum absolute atomic E-state index is 0.856. The highest BCUT2D eigenvalue weighted by Gasteiger charge is 2.25. The molecule has 0 aliphatic carbocycles. The quantitative estimate of drug-likeness (QED) is 0.171. The van der Waals surface area contributed by atoms with Gasteiger partial charge in [-0.15, -0.1) is 0 Å². The Hall–Kier alpha value is -7.62. The second kappa shape index (κ2) is 13.0. The highest BCUT2D eigenvalue weighted by atomic mass is 15.2. The maximum Gasteiger partial charge on any atom is 0.0541 e. The molecule has 1 aliphatic heterocycles. The Balaban J connectivity index is 0.908. The molecule has 12 rings (SSSR count). The van der Waals surface area contributed by atoms with Crippen LogP contribution in [-0.4, -0.2) is 9.13 Å². The number of fused-ring (bicyclic) bond motifs is 8. The molecule has 0 unspecified atom stereocenters. The molecule has 3 nitrogen and oxygen atoms in total. The van der Waals surface area contributed by atoms with Gasteiger partial charge in [0.05, 0.1) is 22.1 Å². The molecule has 3 heterocycles. The molecule has 11 aromatic rings. The van der Waals surface area contributed by atoms with Crippen LogP contribution in [0.4, 0.5) is 17.1 Å². The van der Waals surface area contributed by atoms with E-state index in [9.17, 15) is 0 Å². The monoisotopic (exact) mass is 739 g/mol. The van der Waals surface area contributed by atoms with Gasteiger partial charge in [0.15, 0.2) is 0 Å². The van der Waals surface area contributed by atoms with Crippen molar-refractivity contribution in [1.29, 1.82) is 0 Å². The van der Waals surface area contributed by atoms with Crippen molar-refractivity contribution in [1.82, 2.24) is 9.13 Å². The van der Waals surface area contributed by atoms with Crippen LogP contribution in [0.5, 0.6) is 0 Å². The molecule has 58 heavy (non-hydrogen) atoms. The second-order valence-corrected chi connectivity index (χ2v) is 15.4. The van der Waals surface area contributed by atoms with Crippen LogP contribution < -0.4 is 4.90 Å². The van der Waals surface area contributed by atoms with Crippen LogP contribution in [0.1, 0.15) is 11.1 Å². The van der Waals surface area contributed by atoms with Gasteiger partial charge >= 0.3 is 0 Å². The minimum atomic E-state index is 0.856. The van der Waals surface area contributed by atoms with Gasteiger partial charge in [0, 0.05) is 56.4 Å². The highest BCUT2D eigenvalue weighted by Crippen LogP contribution is 2.46. The number of hydrogen-bond donors (Lipinski definition) is 0. The summed E-state index contributed by atoms with van der Waals surface area (Å²) in [6.07, 6.45) is 0.856. The van der Waals surface area contributed by atoms with E-state index >= 15 is 0 Å². The zero-order valence-electron chi connectivity index (χ0n) is 31.8. The molecule has 0 saturated carbocycles. The molecule has 0 atom stereocenters. The third kappa shape index (κ3) is 5.07. The van der Waals surface area contributed by atoms with E-state index in [1.165, 1.54) is 99.7 Å². The van der Waals surface area contributed by atoms with Crippen molar-refractivity contribution in [2.24, 2.45) is 0 Å². The van der Waals surface area contributed by atoms with Crippen molar-refractivity contribution in [3.8, 4) is 33.6 Å². The molecule has 0 fully saturated rings. The lowest BCUT2D eigenvalue weighted by atomic mass is 9.90. The maximum atomic E-state index is 2.43. The number of anilines is 3. The van der Waals surface area contributed by atoms with Crippen LogP contribution in [-0.2, 0) is 6.42 Å². The molecule has 2 aromatic heterocycles. The summed E-state index contributed by atoms with van der Waals surface area (Å²) in [5, 5.41) is 5.11. The van der Waals surface area contributed by atoms with Crippen molar-refractivity contribution in [3.05, 3.63) is 223 Å². The van der Waals surface area contributed by atoms with E-state index in [2.05, 4.69) is 226 Å². The number of nitrogens with zero attached hydrogens (tertiary/aromatic N) is 3. The third-order valence-corrected chi connectivity index (χ3v) is 12.1. The highest BCUT2D eigenvalue weighted by molar-refractivity contribution is 6.10. The molecule has 0 radical (unpaired) electrons. The average Bonchev–Trinajstić information content (AvgIpc) is 3.81. The predicted octanol–water partition coefficient (Wildman–Crippen LogP) is 14.6. The van der Waals surface area contributed by atoms with Crippen molar-refractivity contribution in [2.45, 2.75) is 6.42 Å². The van der Waals surface area contributed by atoms with Crippen LogP contribution in [0, 0.1) is 0 Å². The number of hydrogen-bond acceptors (Lipinski definition) is 1. The van der Waals surface area contributed by atoms with Gasteiger partial charge in [0.25, 0.3) is 0 Å². The van der Waals surface area contributed by atoms with Gasteiger partial charge in [-0.25, -0.2) is 0 Å². The SMILES string of the molecule is c1ccc(N2c3ccc(-c4ccc(-n5c6ccccc6c6ccccc65)cc4)cc3Cc3cc(-c4ccc(-n5c6ccccc6c6ccccc65)cc4)ccc32)cc1. The van der Waals surface area contributed by atoms with E-state index in [1.807, 2.05) is 0 Å². The average molecular weight is 740 g/mol. The molecule has 272 valence electrons. The standard InChI is InChI=1S/C55H37N3/c1-2-12-43(13-3-1)56-50-32-26-39(37-22-28-44(29-23-37)57-52-18-8-4-14-46(52)47-15-5-9-19-53(47)57)34-41(50)36-42-35-40(27-33-51(42)56)38-24-30-45(31-25-38)58-54-20-10-6-16-48(54)49-17-7-11-21-55(49)58/h1-35H,36H2. The molecule has 0 spiro atoms. The van der Waals surface area contributed by atoms with E-state index in [0.717, 1.165) is 12.1 Å². The Kier molecular flexibility index (Phi) is 7.29. The fourth-order valence-electron chi connectivity index (χ4n) is 9.45. The molecule has 3 heteroatoms. The lowest BCUT2D eigenvalue weighted by Crippen LogP contribution is -2.18. The van der Waals surface area contributed by atoms with Gasteiger partial charge in [0.2, 0.25) is 0 Å². The lowest BCUT2D eigenvalue weighted by Gasteiger charge is -2.34. The van der Waals surface area contributed by atoms with Gasteiger partial charge in [-0.2, -0.15) is 0 Å². The van der Waals surface area contributed by atoms with Crippen molar-refractivity contribution in [2.75, 3.05) is 4.90 Å². The summed E-state index contributed by atoms with van der Waals surface area (Å²) >= 11 is 0. The summed E-state index contributed by atoms with van der Waals surface area (Å²) in [4.78, 5) is 2.43. The summed E-state index contributed by atoms with van der Waals surface area (Å²) in [5.41, 5.74) is 18.4. The van der Waals surface area contributed by atoms with Gasteiger partial charge in [-0.1, -0.05) is 127 Å². The summed E-state index contributed by atoms with van der Waals surface area (Å²) in [5.74, 6) is 0. The van der Waals surface area contributed by atoms with E-state index in [4.69, 9.17) is 0 Å². The topological polar surface area (TPSA) is 13.1 Å². The van der Waals surface area contributed by atoms with Gasteiger partial charge in [-0.05, 0) is 118 Å². The Morgan fingerprint density at radius 3 is 1.02 bits per heavy atom. The van der Waals surface area contributed by atoms with E-state index < -0.39 is 0 Å². The predicted molar refractivity (Wildman–Crippen MR) is 243 cm³/mol. The van der Waals surface area contributed by atoms with Crippen LogP contribution in [0.15, 0.2) is 212 Å². The van der Waals surface area contributed by atoms with Gasteiger partial charge in [0.1, 0.15) is 0 Å². The molecular weight excluding hydrogens is 703 g/mol. The molecule has 1 aliphatic rings. The Morgan fingerprint density at radius 2 is 0.621 bits per heavy atom. The molecule has 0 amide bonds. The Labute approximate surface area is 336 Å². The first-order valence-corrected chi connectivity index (χ1v) is 20.1. The Morgan fingerprint density at radius 1 is 0.276 bits per heavy atom. The number of para-hydroxylation sites is 5. The first-order chi connectivity index (χ1) is 28.8. The molecule has 0 N–H and O–H groups in total. The normalized spacial score (nSPS) is 12.4. The third-order valence-electron chi connectivity index (χ3n) is 12.1. The fraction of sp³-hybridized carbons (Fsp3) is 0.0182. The first-order valence-electron chi connectivity index (χ1n) is 20.1. The zero-order valence-corrected chi connectivity index (χ0v) is 31.8. The smallest absolute Gasteiger partial charge is 0.0541 e. The van der Waals surface area contributed by atoms with E-state index in [0.29, 0.717) is 0 Å². The largest absolute Gasteiger partial charge is 0.310 e. The van der Waals surface area contributed by atoms with E-state index in [-0.39, 0.29) is 0 Å². The minimum Gasteiger partial charge on any atom is -0.310 e. The number of aromatic nitrogens is 2. The summed E-state index contributed by atoms with van der Waals surface area (Å²) in [6.45, 7) is 0. The number of rotatable bonds is 5. The van der Waals surface area contributed by atoms with Gasteiger partial charge in [-0.3, -0.25) is 0 Å². The molecular formula is C55H37N3. The van der Waals surface area contributed by atoms with Crippen molar-refractivity contribution >= 4 is 60.7 Å². The van der Waals surface area contributed by atoms with Crippen molar-refractivity contribution < 1.29 is 0 Å². The first kappa shape index (κ1) is 32.6. The van der Waals surface area contributed by atoms with E-state index in [1.54, 1.807) is 0 Å². The van der Waals surface area contributed by atoms with Gasteiger partial charge < -0.3 is 14.0 Å². The van der Waals surface area contributed by atoms with Crippen LogP contribution in [0.25, 0.3) is 77.2 Å². The summed E-state index contributed by atoms with van der Waals surface area (Å²) < 4.78 is 4.76. The maximum absolute atomic E-state index is 2.43. The summed E-state index contributed by atoms with van der Waals surface area (Å²) in [6, 6.07) is 77.7.